The van der Waals surface area contributed by atoms with Gasteiger partial charge in [-0.05, 0) is 60.9 Å². The highest BCUT2D eigenvalue weighted by Crippen LogP contribution is 2.28. The van der Waals surface area contributed by atoms with Crippen molar-refractivity contribution in [2.24, 2.45) is 0 Å². The zero-order chi connectivity index (χ0) is 23.6. The molecule has 11 heteroatoms. The number of aromatic nitrogens is 2. The van der Waals surface area contributed by atoms with Crippen LogP contribution in [0.3, 0.4) is 0 Å². The van der Waals surface area contributed by atoms with Crippen LogP contribution in [0.4, 0.5) is 13.2 Å². The molecule has 0 saturated carbocycles. The normalized spacial score (nSPS) is 15.0. The number of rotatable bonds is 6. The van der Waals surface area contributed by atoms with Crippen LogP contribution >= 0.6 is 0 Å². The number of amides is 1. The Kier molecular flexibility index (Phi) is 6.26. The first-order chi connectivity index (χ1) is 15.6. The molecule has 0 radical (unpaired) electrons. The van der Waals surface area contributed by atoms with Gasteiger partial charge in [0, 0.05) is 31.4 Å². The second-order valence-electron chi connectivity index (χ2n) is 7.63. The lowest BCUT2D eigenvalue weighted by molar-refractivity contribution is -0.141. The van der Waals surface area contributed by atoms with E-state index in [4.69, 9.17) is 0 Å². The number of benzene rings is 2. The van der Waals surface area contributed by atoms with E-state index in [2.05, 4.69) is 10.4 Å². The summed E-state index contributed by atoms with van der Waals surface area (Å²) in [4.78, 5) is 12.6. The Balaban J connectivity index is 1.36. The SMILES string of the molecule is O=C(NCc1ccc(S(=O)(=O)N2CCCC2)cc1)c1ccc(-n2ccc(C(F)(F)F)n2)cc1. The van der Waals surface area contributed by atoms with Crippen LogP contribution in [0.2, 0.25) is 0 Å². The van der Waals surface area contributed by atoms with E-state index in [1.807, 2.05) is 0 Å². The summed E-state index contributed by atoms with van der Waals surface area (Å²) >= 11 is 0. The predicted octanol–water partition coefficient (Wildman–Crippen LogP) is 3.61. The number of nitrogens with one attached hydrogen (secondary N) is 1. The molecule has 174 valence electrons. The number of carbonyl (C=O) groups is 1. The van der Waals surface area contributed by atoms with E-state index in [0.29, 0.717) is 24.3 Å². The first-order valence-electron chi connectivity index (χ1n) is 10.3. The topological polar surface area (TPSA) is 84.3 Å². The molecule has 2 heterocycles. The molecule has 1 aliphatic heterocycles. The number of nitrogens with zero attached hydrogens (tertiary/aromatic N) is 3. The van der Waals surface area contributed by atoms with Crippen molar-refractivity contribution in [2.45, 2.75) is 30.5 Å². The Bertz CT molecular complexity index is 1230. The van der Waals surface area contributed by atoms with Crippen molar-refractivity contribution in [1.82, 2.24) is 19.4 Å². The molecule has 1 saturated heterocycles. The largest absolute Gasteiger partial charge is 0.435 e. The van der Waals surface area contributed by atoms with Gasteiger partial charge in [0.15, 0.2) is 5.69 Å². The van der Waals surface area contributed by atoms with Crippen LogP contribution in [-0.2, 0) is 22.7 Å². The smallest absolute Gasteiger partial charge is 0.348 e. The van der Waals surface area contributed by atoms with E-state index in [9.17, 15) is 26.4 Å². The minimum absolute atomic E-state index is 0.193. The van der Waals surface area contributed by atoms with Crippen molar-refractivity contribution >= 4 is 15.9 Å². The highest BCUT2D eigenvalue weighted by atomic mass is 32.2. The first-order valence-corrected chi connectivity index (χ1v) is 11.7. The Morgan fingerprint density at radius 3 is 2.18 bits per heavy atom. The maximum atomic E-state index is 12.7. The van der Waals surface area contributed by atoms with Gasteiger partial charge < -0.3 is 5.32 Å². The molecular weight excluding hydrogens is 457 g/mol. The molecule has 0 atom stereocenters. The van der Waals surface area contributed by atoms with Crippen molar-refractivity contribution in [3.63, 3.8) is 0 Å². The van der Waals surface area contributed by atoms with Crippen LogP contribution < -0.4 is 5.32 Å². The molecule has 33 heavy (non-hydrogen) atoms. The maximum absolute atomic E-state index is 12.7. The molecule has 1 fully saturated rings. The number of hydrogen-bond acceptors (Lipinski definition) is 4. The van der Waals surface area contributed by atoms with Crippen LogP contribution in [0.1, 0.15) is 34.5 Å². The second-order valence-corrected chi connectivity index (χ2v) is 9.57. The lowest BCUT2D eigenvalue weighted by Gasteiger charge is -2.15. The van der Waals surface area contributed by atoms with Crippen LogP contribution in [0.15, 0.2) is 65.7 Å². The molecule has 0 aliphatic carbocycles. The van der Waals surface area contributed by atoms with Gasteiger partial charge in [-0.3, -0.25) is 4.79 Å². The summed E-state index contributed by atoms with van der Waals surface area (Å²) in [5, 5.41) is 6.24. The molecule has 7 nitrogen and oxygen atoms in total. The third-order valence-corrected chi connectivity index (χ3v) is 7.27. The van der Waals surface area contributed by atoms with Gasteiger partial charge in [-0.2, -0.15) is 22.6 Å². The van der Waals surface area contributed by atoms with Crippen molar-refractivity contribution in [2.75, 3.05) is 13.1 Å². The second kappa shape index (κ2) is 8.99. The van der Waals surface area contributed by atoms with E-state index in [-0.39, 0.29) is 17.3 Å². The average molecular weight is 478 g/mol. The van der Waals surface area contributed by atoms with Crippen LogP contribution in [0.5, 0.6) is 0 Å². The summed E-state index contributed by atoms with van der Waals surface area (Å²) < 4.78 is 65.8. The molecule has 1 N–H and O–H groups in total. The van der Waals surface area contributed by atoms with E-state index >= 15 is 0 Å². The monoisotopic (exact) mass is 478 g/mol. The molecule has 0 bridgehead atoms. The average Bonchev–Trinajstić information content (AvgIpc) is 3.50. The molecule has 2 aromatic carbocycles. The fourth-order valence-corrected chi connectivity index (χ4v) is 5.04. The number of sulfonamides is 1. The minimum atomic E-state index is -4.53. The highest BCUT2D eigenvalue weighted by molar-refractivity contribution is 7.89. The van der Waals surface area contributed by atoms with E-state index < -0.39 is 21.9 Å². The third kappa shape index (κ3) is 5.09. The summed E-state index contributed by atoms with van der Waals surface area (Å²) in [7, 11) is -3.49. The standard InChI is InChI=1S/C22H21F3N4O3S/c23-22(24,25)20-11-14-29(27-20)18-7-5-17(6-8-18)21(30)26-15-16-3-9-19(10-4-16)33(31,32)28-12-1-2-13-28/h3-11,14H,1-2,12-13,15H2,(H,26,30). The summed E-state index contributed by atoms with van der Waals surface area (Å²) in [6.45, 7) is 1.25. The van der Waals surface area contributed by atoms with Gasteiger partial charge >= 0.3 is 6.18 Å². The van der Waals surface area contributed by atoms with Crippen molar-refractivity contribution < 1.29 is 26.4 Å². The van der Waals surface area contributed by atoms with Crippen molar-refractivity contribution in [3.05, 3.63) is 77.6 Å². The summed E-state index contributed by atoms with van der Waals surface area (Å²) in [5.74, 6) is -0.369. The molecule has 4 rings (SSSR count). The Morgan fingerprint density at radius 1 is 0.970 bits per heavy atom. The number of alkyl halides is 3. The van der Waals surface area contributed by atoms with Crippen LogP contribution in [0, 0.1) is 0 Å². The van der Waals surface area contributed by atoms with Gasteiger partial charge in [-0.1, -0.05) is 12.1 Å². The molecule has 1 aromatic heterocycles. The zero-order valence-corrected chi connectivity index (χ0v) is 18.2. The van der Waals surface area contributed by atoms with Crippen molar-refractivity contribution in [3.8, 4) is 5.69 Å². The quantitative estimate of drug-likeness (QED) is 0.587. The van der Waals surface area contributed by atoms with Gasteiger partial charge in [0.25, 0.3) is 5.91 Å². The van der Waals surface area contributed by atoms with E-state index in [1.54, 1.807) is 12.1 Å². The lowest BCUT2D eigenvalue weighted by Crippen LogP contribution is -2.28. The van der Waals surface area contributed by atoms with Crippen molar-refractivity contribution in [1.29, 1.82) is 0 Å². The minimum Gasteiger partial charge on any atom is -0.348 e. The molecule has 1 aliphatic rings. The Hall–Kier alpha value is -3.18. The fourth-order valence-electron chi connectivity index (χ4n) is 3.53. The highest BCUT2D eigenvalue weighted by Gasteiger charge is 2.33. The predicted molar refractivity (Wildman–Crippen MR) is 114 cm³/mol. The number of halogens is 3. The fraction of sp³-hybridized carbons (Fsp3) is 0.273. The molecular formula is C22H21F3N4O3S. The zero-order valence-electron chi connectivity index (χ0n) is 17.4. The summed E-state index contributed by atoms with van der Waals surface area (Å²) in [6, 6.07) is 13.2. The van der Waals surface area contributed by atoms with E-state index in [1.165, 1.54) is 46.9 Å². The molecule has 0 unspecified atom stereocenters. The van der Waals surface area contributed by atoms with Crippen LogP contribution in [0.25, 0.3) is 5.69 Å². The van der Waals surface area contributed by atoms with Gasteiger partial charge in [-0.25, -0.2) is 13.1 Å². The molecule has 0 spiro atoms. The molecule has 3 aromatic rings. The number of hydrogen-bond donors (Lipinski definition) is 1. The van der Waals surface area contributed by atoms with Gasteiger partial charge in [0.05, 0.1) is 10.6 Å². The summed E-state index contributed by atoms with van der Waals surface area (Å²) in [6.07, 6.45) is -1.60. The van der Waals surface area contributed by atoms with Gasteiger partial charge in [0.1, 0.15) is 0 Å². The first kappa shape index (κ1) is 23.0. The third-order valence-electron chi connectivity index (χ3n) is 5.35. The van der Waals surface area contributed by atoms with Gasteiger partial charge in [0.2, 0.25) is 10.0 Å². The molecule has 1 amide bonds. The maximum Gasteiger partial charge on any atom is 0.435 e. The summed E-state index contributed by atoms with van der Waals surface area (Å²) in [5.41, 5.74) is 0.451. The number of carbonyl (C=O) groups excluding carboxylic acids is 1. The Labute approximate surface area is 188 Å². The van der Waals surface area contributed by atoms with E-state index in [0.717, 1.165) is 29.2 Å². The van der Waals surface area contributed by atoms with Gasteiger partial charge in [-0.15, -0.1) is 0 Å². The van der Waals surface area contributed by atoms with Crippen LogP contribution in [-0.4, -0.2) is 41.5 Å². The lowest BCUT2D eigenvalue weighted by atomic mass is 10.2. The Morgan fingerprint density at radius 2 is 1.61 bits per heavy atom.